The molecule has 1 aliphatic heterocycles. The van der Waals surface area contributed by atoms with E-state index in [4.69, 9.17) is 4.74 Å². The predicted octanol–water partition coefficient (Wildman–Crippen LogP) is 2.24. The van der Waals surface area contributed by atoms with Gasteiger partial charge in [0, 0.05) is 6.54 Å². The molecule has 0 amide bonds. The molecule has 1 aliphatic rings. The van der Waals surface area contributed by atoms with Crippen LogP contribution in [0.2, 0.25) is 0 Å². The number of hydrogen-bond acceptors (Lipinski definition) is 2. The van der Waals surface area contributed by atoms with Gasteiger partial charge in [-0.05, 0) is 31.5 Å². The smallest absolute Gasteiger partial charge is 0.119 e. The second-order valence-electron chi connectivity index (χ2n) is 3.40. The molecule has 1 atom stereocenters. The largest absolute Gasteiger partial charge is 0.489 e. The lowest BCUT2D eigenvalue weighted by atomic mass is 10.1. The van der Waals surface area contributed by atoms with Crippen LogP contribution in [0.15, 0.2) is 30.3 Å². The van der Waals surface area contributed by atoms with Crippen molar-refractivity contribution in [3.63, 3.8) is 0 Å². The minimum Gasteiger partial charge on any atom is -0.489 e. The summed E-state index contributed by atoms with van der Waals surface area (Å²) in [5.41, 5.74) is 0. The first kappa shape index (κ1) is 11.3. The molecule has 0 bridgehead atoms. The minimum atomic E-state index is 0. The third-order valence-electron chi connectivity index (χ3n) is 2.30. The van der Waals surface area contributed by atoms with E-state index < -0.39 is 0 Å². The van der Waals surface area contributed by atoms with Crippen molar-refractivity contribution in [1.29, 1.82) is 0 Å². The van der Waals surface area contributed by atoms with E-state index >= 15 is 0 Å². The highest BCUT2D eigenvalue weighted by atomic mass is 35.5. The molecule has 14 heavy (non-hydrogen) atoms. The van der Waals surface area contributed by atoms with Crippen LogP contribution in [0, 0.1) is 0 Å². The predicted molar refractivity (Wildman–Crippen MR) is 60.2 cm³/mol. The Morgan fingerprint density at radius 2 is 2.00 bits per heavy atom. The first-order chi connectivity index (χ1) is 6.45. The van der Waals surface area contributed by atoms with Gasteiger partial charge in [-0.25, -0.2) is 0 Å². The van der Waals surface area contributed by atoms with Crippen LogP contribution in [0.5, 0.6) is 5.75 Å². The lowest BCUT2D eigenvalue weighted by Crippen LogP contribution is -2.37. The summed E-state index contributed by atoms with van der Waals surface area (Å²) >= 11 is 0. The molecule has 0 aliphatic carbocycles. The van der Waals surface area contributed by atoms with Crippen LogP contribution in [0.4, 0.5) is 0 Å². The fourth-order valence-electron chi connectivity index (χ4n) is 1.61. The van der Waals surface area contributed by atoms with Crippen molar-refractivity contribution < 1.29 is 4.74 Å². The van der Waals surface area contributed by atoms with Crippen LogP contribution in [0.3, 0.4) is 0 Å². The second kappa shape index (κ2) is 5.89. The van der Waals surface area contributed by atoms with E-state index in [0.29, 0.717) is 6.10 Å². The SMILES string of the molecule is Cl.c1ccc(OC2CCCNC2)cc1. The maximum atomic E-state index is 5.79. The number of hydrogen-bond donors (Lipinski definition) is 1. The van der Waals surface area contributed by atoms with Gasteiger partial charge in [-0.3, -0.25) is 0 Å². The van der Waals surface area contributed by atoms with Crippen LogP contribution < -0.4 is 10.1 Å². The molecule has 1 saturated heterocycles. The van der Waals surface area contributed by atoms with E-state index in [1.807, 2.05) is 30.3 Å². The zero-order valence-corrected chi connectivity index (χ0v) is 8.93. The molecule has 1 heterocycles. The molecule has 0 aromatic heterocycles. The first-order valence-corrected chi connectivity index (χ1v) is 4.87. The summed E-state index contributed by atoms with van der Waals surface area (Å²) in [7, 11) is 0. The van der Waals surface area contributed by atoms with Crippen molar-refractivity contribution in [1.82, 2.24) is 5.32 Å². The molecule has 1 unspecified atom stereocenters. The Hall–Kier alpha value is -0.730. The highest BCUT2D eigenvalue weighted by Crippen LogP contribution is 2.14. The summed E-state index contributed by atoms with van der Waals surface area (Å²) in [4.78, 5) is 0. The van der Waals surface area contributed by atoms with E-state index in [1.165, 1.54) is 12.8 Å². The van der Waals surface area contributed by atoms with E-state index in [9.17, 15) is 0 Å². The molecule has 2 nitrogen and oxygen atoms in total. The average Bonchev–Trinajstić information content (AvgIpc) is 2.21. The van der Waals surface area contributed by atoms with Gasteiger partial charge in [0.05, 0.1) is 0 Å². The fourth-order valence-corrected chi connectivity index (χ4v) is 1.61. The van der Waals surface area contributed by atoms with Crippen LogP contribution in [-0.4, -0.2) is 19.2 Å². The normalized spacial score (nSPS) is 21.0. The van der Waals surface area contributed by atoms with Crippen LogP contribution in [0.1, 0.15) is 12.8 Å². The molecule has 2 rings (SSSR count). The highest BCUT2D eigenvalue weighted by molar-refractivity contribution is 5.85. The van der Waals surface area contributed by atoms with Crippen molar-refractivity contribution in [3.05, 3.63) is 30.3 Å². The van der Waals surface area contributed by atoms with Crippen molar-refractivity contribution in [3.8, 4) is 5.75 Å². The summed E-state index contributed by atoms with van der Waals surface area (Å²) < 4.78 is 5.79. The summed E-state index contributed by atoms with van der Waals surface area (Å²) in [6.45, 7) is 2.11. The van der Waals surface area contributed by atoms with Crippen LogP contribution in [-0.2, 0) is 0 Å². The first-order valence-electron chi connectivity index (χ1n) is 4.87. The Labute approximate surface area is 91.1 Å². The van der Waals surface area contributed by atoms with Crippen LogP contribution >= 0.6 is 12.4 Å². The summed E-state index contributed by atoms with van der Waals surface area (Å²) in [6, 6.07) is 10.0. The van der Waals surface area contributed by atoms with Crippen molar-refractivity contribution in [2.24, 2.45) is 0 Å². The molecule has 0 saturated carbocycles. The third kappa shape index (κ3) is 3.20. The molecular weight excluding hydrogens is 198 g/mol. The van der Waals surface area contributed by atoms with Crippen LogP contribution in [0.25, 0.3) is 0 Å². The lowest BCUT2D eigenvalue weighted by Gasteiger charge is -2.23. The fraction of sp³-hybridized carbons (Fsp3) is 0.455. The number of halogens is 1. The Kier molecular flexibility index (Phi) is 4.77. The topological polar surface area (TPSA) is 21.3 Å². The number of para-hydroxylation sites is 1. The zero-order valence-electron chi connectivity index (χ0n) is 8.11. The Morgan fingerprint density at radius 1 is 1.21 bits per heavy atom. The van der Waals surface area contributed by atoms with Gasteiger partial charge in [0.25, 0.3) is 0 Å². The Bertz CT molecular complexity index is 247. The summed E-state index contributed by atoms with van der Waals surface area (Å²) in [5.74, 6) is 0.983. The Balaban J connectivity index is 0.000000980. The van der Waals surface area contributed by atoms with Gasteiger partial charge in [0.15, 0.2) is 0 Å². The van der Waals surface area contributed by atoms with E-state index in [2.05, 4.69) is 5.32 Å². The number of piperidine rings is 1. The molecule has 0 radical (unpaired) electrons. The zero-order chi connectivity index (χ0) is 8.93. The van der Waals surface area contributed by atoms with Gasteiger partial charge in [0.1, 0.15) is 11.9 Å². The van der Waals surface area contributed by atoms with E-state index in [0.717, 1.165) is 18.8 Å². The minimum absolute atomic E-state index is 0. The number of ether oxygens (including phenoxy) is 1. The Morgan fingerprint density at radius 3 is 2.64 bits per heavy atom. The monoisotopic (exact) mass is 213 g/mol. The van der Waals surface area contributed by atoms with Crippen molar-refractivity contribution >= 4 is 12.4 Å². The quantitative estimate of drug-likeness (QED) is 0.814. The number of nitrogens with one attached hydrogen (secondary N) is 1. The molecule has 0 spiro atoms. The third-order valence-corrected chi connectivity index (χ3v) is 2.30. The van der Waals surface area contributed by atoms with Gasteiger partial charge in [-0.1, -0.05) is 18.2 Å². The van der Waals surface area contributed by atoms with E-state index in [-0.39, 0.29) is 12.4 Å². The average molecular weight is 214 g/mol. The van der Waals surface area contributed by atoms with Gasteiger partial charge in [0.2, 0.25) is 0 Å². The molecule has 3 heteroatoms. The van der Waals surface area contributed by atoms with Gasteiger partial charge >= 0.3 is 0 Å². The maximum absolute atomic E-state index is 5.79. The number of rotatable bonds is 2. The standard InChI is InChI=1S/C11H15NO.ClH/c1-2-5-10(6-3-1)13-11-7-4-8-12-9-11;/h1-3,5-6,11-12H,4,7-9H2;1H. The van der Waals surface area contributed by atoms with Gasteiger partial charge < -0.3 is 10.1 Å². The van der Waals surface area contributed by atoms with Crippen molar-refractivity contribution in [2.45, 2.75) is 18.9 Å². The molecule has 78 valence electrons. The van der Waals surface area contributed by atoms with Gasteiger partial charge in [-0.15, -0.1) is 12.4 Å². The summed E-state index contributed by atoms with van der Waals surface area (Å²) in [6.07, 6.45) is 2.75. The molecule has 1 aromatic carbocycles. The molecule has 1 fully saturated rings. The second-order valence-corrected chi connectivity index (χ2v) is 3.40. The molecular formula is C11H16ClNO. The lowest BCUT2D eigenvalue weighted by molar-refractivity contribution is 0.167. The van der Waals surface area contributed by atoms with E-state index in [1.54, 1.807) is 0 Å². The summed E-state index contributed by atoms with van der Waals surface area (Å²) in [5, 5.41) is 3.33. The van der Waals surface area contributed by atoms with Crippen molar-refractivity contribution in [2.75, 3.05) is 13.1 Å². The molecule has 1 N–H and O–H groups in total. The maximum Gasteiger partial charge on any atom is 0.119 e. The van der Waals surface area contributed by atoms with Gasteiger partial charge in [-0.2, -0.15) is 0 Å². The molecule has 1 aromatic rings. The highest BCUT2D eigenvalue weighted by Gasteiger charge is 2.13. The number of benzene rings is 1.